The largest absolute Gasteiger partial charge is 0.396 e. The quantitative estimate of drug-likeness (QED) is 0.884. The first-order valence-corrected chi connectivity index (χ1v) is 7.33. The standard InChI is InChI=1S/C16H23NO/c18-12-13-5-4-10-17(11-13)16-9-2-1-8-15(16)14-6-3-7-14/h1-2,8-9,13-14,18H,3-7,10-12H2/t13-/m1/s1. The average molecular weight is 245 g/mol. The zero-order valence-corrected chi connectivity index (χ0v) is 11.0. The van der Waals surface area contributed by atoms with Crippen LogP contribution in [0.3, 0.4) is 0 Å². The molecule has 1 saturated heterocycles. The van der Waals surface area contributed by atoms with Crippen LogP contribution in [-0.4, -0.2) is 24.8 Å². The van der Waals surface area contributed by atoms with Crippen molar-refractivity contribution in [1.29, 1.82) is 0 Å². The van der Waals surface area contributed by atoms with Crippen molar-refractivity contribution in [3.05, 3.63) is 29.8 Å². The third-order valence-corrected chi connectivity index (χ3v) is 4.60. The molecule has 1 aliphatic heterocycles. The highest BCUT2D eigenvalue weighted by molar-refractivity contribution is 5.56. The van der Waals surface area contributed by atoms with Gasteiger partial charge >= 0.3 is 0 Å². The third-order valence-electron chi connectivity index (χ3n) is 4.60. The second kappa shape index (κ2) is 5.31. The van der Waals surface area contributed by atoms with Crippen molar-refractivity contribution in [2.75, 3.05) is 24.6 Å². The van der Waals surface area contributed by atoms with Crippen molar-refractivity contribution in [3.63, 3.8) is 0 Å². The molecule has 2 heteroatoms. The van der Waals surface area contributed by atoms with Crippen LogP contribution in [0.25, 0.3) is 0 Å². The summed E-state index contributed by atoms with van der Waals surface area (Å²) >= 11 is 0. The predicted octanol–water partition coefficient (Wildman–Crippen LogP) is 3.16. The van der Waals surface area contributed by atoms with Crippen LogP contribution in [0.15, 0.2) is 24.3 Å². The first kappa shape index (κ1) is 12.0. The Morgan fingerprint density at radius 1 is 1.11 bits per heavy atom. The fourth-order valence-electron chi connectivity index (χ4n) is 3.27. The molecular weight excluding hydrogens is 222 g/mol. The molecule has 2 aliphatic rings. The summed E-state index contributed by atoms with van der Waals surface area (Å²) in [4.78, 5) is 2.50. The van der Waals surface area contributed by atoms with Gasteiger partial charge < -0.3 is 10.0 Å². The van der Waals surface area contributed by atoms with Crippen molar-refractivity contribution < 1.29 is 5.11 Å². The van der Waals surface area contributed by atoms with Gasteiger partial charge in [-0.1, -0.05) is 24.6 Å². The molecule has 1 saturated carbocycles. The Bertz CT molecular complexity index is 400. The van der Waals surface area contributed by atoms with E-state index in [1.54, 1.807) is 5.56 Å². The van der Waals surface area contributed by atoms with Gasteiger partial charge in [0, 0.05) is 25.4 Å². The van der Waals surface area contributed by atoms with Crippen LogP contribution < -0.4 is 4.90 Å². The van der Waals surface area contributed by atoms with Crippen molar-refractivity contribution in [3.8, 4) is 0 Å². The summed E-state index contributed by atoms with van der Waals surface area (Å²) in [7, 11) is 0. The number of nitrogens with zero attached hydrogens (tertiary/aromatic N) is 1. The highest BCUT2D eigenvalue weighted by Crippen LogP contribution is 2.41. The molecule has 2 fully saturated rings. The maximum atomic E-state index is 9.36. The van der Waals surface area contributed by atoms with E-state index < -0.39 is 0 Å². The fourth-order valence-corrected chi connectivity index (χ4v) is 3.27. The third kappa shape index (κ3) is 2.26. The SMILES string of the molecule is OC[C@@H]1CCCN(c2ccccc2C2CCC2)C1. The molecule has 1 N–H and O–H groups in total. The molecule has 98 valence electrons. The van der Waals surface area contributed by atoms with Crippen LogP contribution in [0.1, 0.15) is 43.6 Å². The van der Waals surface area contributed by atoms with Crippen molar-refractivity contribution in [1.82, 2.24) is 0 Å². The summed E-state index contributed by atoms with van der Waals surface area (Å²) in [6.07, 6.45) is 6.49. The lowest BCUT2D eigenvalue weighted by Gasteiger charge is -2.37. The molecule has 2 nitrogen and oxygen atoms in total. The maximum Gasteiger partial charge on any atom is 0.0476 e. The number of hydrogen-bond acceptors (Lipinski definition) is 2. The fraction of sp³-hybridized carbons (Fsp3) is 0.625. The smallest absolute Gasteiger partial charge is 0.0476 e. The molecule has 1 heterocycles. The molecule has 3 rings (SSSR count). The molecule has 0 bridgehead atoms. The number of piperidine rings is 1. The molecule has 0 spiro atoms. The van der Waals surface area contributed by atoms with Crippen LogP contribution in [0.5, 0.6) is 0 Å². The Hall–Kier alpha value is -1.02. The molecule has 1 aliphatic carbocycles. The number of aliphatic hydroxyl groups excluding tert-OH is 1. The van der Waals surface area contributed by atoms with Crippen LogP contribution in [0.2, 0.25) is 0 Å². The van der Waals surface area contributed by atoms with Gasteiger partial charge in [-0.25, -0.2) is 0 Å². The average Bonchev–Trinajstić information content (AvgIpc) is 2.37. The van der Waals surface area contributed by atoms with E-state index in [4.69, 9.17) is 0 Å². The van der Waals surface area contributed by atoms with Crippen LogP contribution in [-0.2, 0) is 0 Å². The van der Waals surface area contributed by atoms with E-state index in [0.29, 0.717) is 12.5 Å². The van der Waals surface area contributed by atoms with Gasteiger partial charge in [0.15, 0.2) is 0 Å². The van der Waals surface area contributed by atoms with Crippen LogP contribution in [0, 0.1) is 5.92 Å². The summed E-state index contributed by atoms with van der Waals surface area (Å²) in [5.41, 5.74) is 2.97. The van der Waals surface area contributed by atoms with Gasteiger partial charge in [0.1, 0.15) is 0 Å². The molecule has 1 aromatic rings. The normalized spacial score (nSPS) is 24.9. The summed E-state index contributed by atoms with van der Waals surface area (Å²) < 4.78 is 0. The molecule has 0 radical (unpaired) electrons. The minimum atomic E-state index is 0.335. The van der Waals surface area contributed by atoms with Gasteiger partial charge in [-0.15, -0.1) is 0 Å². The van der Waals surface area contributed by atoms with Crippen molar-refractivity contribution >= 4 is 5.69 Å². The topological polar surface area (TPSA) is 23.5 Å². The van der Waals surface area contributed by atoms with E-state index in [9.17, 15) is 5.11 Å². The first-order chi connectivity index (χ1) is 8.88. The minimum Gasteiger partial charge on any atom is -0.396 e. The monoisotopic (exact) mass is 245 g/mol. The number of anilines is 1. The molecule has 18 heavy (non-hydrogen) atoms. The van der Waals surface area contributed by atoms with Gasteiger partial charge in [0.05, 0.1) is 0 Å². The highest BCUT2D eigenvalue weighted by atomic mass is 16.3. The van der Waals surface area contributed by atoms with E-state index in [-0.39, 0.29) is 0 Å². The Morgan fingerprint density at radius 3 is 2.67 bits per heavy atom. The Balaban J connectivity index is 1.82. The number of hydrogen-bond donors (Lipinski definition) is 1. The molecule has 0 unspecified atom stereocenters. The second-order valence-corrected chi connectivity index (χ2v) is 5.82. The lowest BCUT2D eigenvalue weighted by molar-refractivity contribution is 0.208. The van der Waals surface area contributed by atoms with Crippen molar-refractivity contribution in [2.45, 2.75) is 38.0 Å². The molecule has 0 aromatic heterocycles. The van der Waals surface area contributed by atoms with E-state index in [2.05, 4.69) is 29.2 Å². The summed E-state index contributed by atoms with van der Waals surface area (Å²) in [6, 6.07) is 8.90. The van der Waals surface area contributed by atoms with E-state index >= 15 is 0 Å². The van der Waals surface area contributed by atoms with Gasteiger partial charge in [0.2, 0.25) is 0 Å². The molecule has 1 aromatic carbocycles. The lowest BCUT2D eigenvalue weighted by Crippen LogP contribution is -2.37. The number of rotatable bonds is 3. The zero-order chi connectivity index (χ0) is 12.4. The number of aliphatic hydroxyl groups is 1. The Kier molecular flexibility index (Phi) is 3.55. The number of para-hydroxylation sites is 1. The molecule has 1 atom stereocenters. The first-order valence-electron chi connectivity index (χ1n) is 7.33. The van der Waals surface area contributed by atoms with Crippen LogP contribution in [0.4, 0.5) is 5.69 Å². The second-order valence-electron chi connectivity index (χ2n) is 5.82. The molecular formula is C16H23NO. The summed E-state index contributed by atoms with van der Waals surface area (Å²) in [5.74, 6) is 1.25. The van der Waals surface area contributed by atoms with Crippen molar-refractivity contribution in [2.24, 2.45) is 5.92 Å². The van der Waals surface area contributed by atoms with Crippen LogP contribution >= 0.6 is 0 Å². The zero-order valence-electron chi connectivity index (χ0n) is 11.0. The van der Waals surface area contributed by atoms with Gasteiger partial charge in [-0.05, 0) is 49.1 Å². The minimum absolute atomic E-state index is 0.335. The van der Waals surface area contributed by atoms with Gasteiger partial charge in [-0.2, -0.15) is 0 Å². The van der Waals surface area contributed by atoms with Gasteiger partial charge in [-0.3, -0.25) is 0 Å². The summed E-state index contributed by atoms with van der Waals surface area (Å²) in [5, 5.41) is 9.36. The number of benzene rings is 1. The van der Waals surface area contributed by atoms with E-state index in [1.807, 2.05) is 0 Å². The Morgan fingerprint density at radius 2 is 1.94 bits per heavy atom. The Labute approximate surface area is 110 Å². The molecule has 0 amide bonds. The lowest BCUT2D eigenvalue weighted by atomic mass is 9.79. The van der Waals surface area contributed by atoms with E-state index in [0.717, 1.165) is 19.0 Å². The predicted molar refractivity (Wildman–Crippen MR) is 75.1 cm³/mol. The summed E-state index contributed by atoms with van der Waals surface area (Å²) in [6.45, 7) is 2.52. The van der Waals surface area contributed by atoms with E-state index in [1.165, 1.54) is 37.8 Å². The van der Waals surface area contributed by atoms with Gasteiger partial charge in [0.25, 0.3) is 0 Å². The maximum absolute atomic E-state index is 9.36. The highest BCUT2D eigenvalue weighted by Gasteiger charge is 2.26.